The van der Waals surface area contributed by atoms with Crippen LogP contribution < -0.4 is 4.74 Å². The topological polar surface area (TPSA) is 62.7 Å². The molecule has 3 aromatic rings. The minimum absolute atomic E-state index is 0.0114. The van der Waals surface area contributed by atoms with Gasteiger partial charge in [-0.25, -0.2) is 4.98 Å². The van der Waals surface area contributed by atoms with E-state index >= 15 is 0 Å². The number of thiazole rings is 1. The van der Waals surface area contributed by atoms with E-state index in [0.29, 0.717) is 36.8 Å². The molecule has 2 aromatic carbocycles. The van der Waals surface area contributed by atoms with Crippen molar-refractivity contribution in [3.05, 3.63) is 70.0 Å². The Hall–Kier alpha value is -2.90. The minimum atomic E-state index is -0.218. The van der Waals surface area contributed by atoms with Crippen LogP contribution in [0.1, 0.15) is 24.4 Å². The van der Waals surface area contributed by atoms with Crippen molar-refractivity contribution in [2.45, 2.75) is 19.4 Å². The van der Waals surface area contributed by atoms with Crippen molar-refractivity contribution in [2.75, 3.05) is 26.2 Å². The second kappa shape index (κ2) is 10.1. The van der Waals surface area contributed by atoms with Crippen LogP contribution in [-0.2, 0) is 9.59 Å². The van der Waals surface area contributed by atoms with Crippen LogP contribution in [0.3, 0.4) is 0 Å². The minimum Gasteiger partial charge on any atom is -0.484 e. The van der Waals surface area contributed by atoms with E-state index in [-0.39, 0.29) is 24.5 Å². The van der Waals surface area contributed by atoms with Crippen LogP contribution in [0, 0.1) is 0 Å². The number of ether oxygens (including phenoxy) is 1. The zero-order valence-electron chi connectivity index (χ0n) is 17.7. The Bertz CT molecular complexity index is 1090. The van der Waals surface area contributed by atoms with Crippen molar-refractivity contribution < 1.29 is 14.3 Å². The van der Waals surface area contributed by atoms with Crippen molar-refractivity contribution in [2.24, 2.45) is 0 Å². The van der Waals surface area contributed by atoms with Gasteiger partial charge in [0.2, 0.25) is 5.91 Å². The number of para-hydroxylation sites is 1. The summed E-state index contributed by atoms with van der Waals surface area (Å²) in [6.45, 7) is 3.01. The van der Waals surface area contributed by atoms with Crippen LogP contribution >= 0.6 is 22.9 Å². The SMILES string of the molecule is CC(=O)N1CCC(c2nc(-c3cccc(Cl)c3)cs2)N(C(=O)COc2ccccc2)CC1. The van der Waals surface area contributed by atoms with Gasteiger partial charge in [-0.2, -0.15) is 0 Å². The van der Waals surface area contributed by atoms with Gasteiger partial charge in [0.05, 0.1) is 11.7 Å². The van der Waals surface area contributed by atoms with Gasteiger partial charge in [-0.1, -0.05) is 41.9 Å². The number of aromatic nitrogens is 1. The highest BCUT2D eigenvalue weighted by Gasteiger charge is 2.32. The van der Waals surface area contributed by atoms with E-state index in [1.165, 1.54) is 11.3 Å². The molecular weight excluding hydrogens is 446 g/mol. The van der Waals surface area contributed by atoms with Gasteiger partial charge in [0.15, 0.2) is 6.61 Å². The maximum atomic E-state index is 13.2. The number of rotatable bonds is 5. The van der Waals surface area contributed by atoms with Crippen LogP contribution in [0.2, 0.25) is 5.02 Å². The van der Waals surface area contributed by atoms with Crippen molar-refractivity contribution in [3.63, 3.8) is 0 Å². The van der Waals surface area contributed by atoms with Gasteiger partial charge in [0.1, 0.15) is 10.8 Å². The molecule has 2 heterocycles. The fourth-order valence-electron chi connectivity index (χ4n) is 3.77. The quantitative estimate of drug-likeness (QED) is 0.545. The highest BCUT2D eigenvalue weighted by molar-refractivity contribution is 7.10. The fourth-order valence-corrected chi connectivity index (χ4v) is 4.93. The average Bonchev–Trinajstić information content (AvgIpc) is 3.17. The first-order chi connectivity index (χ1) is 15.5. The molecule has 2 amide bonds. The monoisotopic (exact) mass is 469 g/mol. The van der Waals surface area contributed by atoms with Crippen molar-refractivity contribution in [1.29, 1.82) is 0 Å². The van der Waals surface area contributed by atoms with Crippen molar-refractivity contribution in [3.8, 4) is 17.0 Å². The summed E-state index contributed by atoms with van der Waals surface area (Å²) in [6.07, 6.45) is 0.624. The molecule has 166 valence electrons. The number of nitrogens with zero attached hydrogens (tertiary/aromatic N) is 3. The van der Waals surface area contributed by atoms with Gasteiger partial charge in [-0.15, -0.1) is 11.3 Å². The predicted molar refractivity (Wildman–Crippen MR) is 126 cm³/mol. The Morgan fingerprint density at radius 1 is 1.12 bits per heavy atom. The Labute approximate surface area is 196 Å². The van der Waals surface area contributed by atoms with E-state index < -0.39 is 0 Å². The Balaban J connectivity index is 1.56. The van der Waals surface area contributed by atoms with Gasteiger partial charge in [0, 0.05) is 42.5 Å². The number of hydrogen-bond acceptors (Lipinski definition) is 5. The van der Waals surface area contributed by atoms with Crippen LogP contribution in [-0.4, -0.2) is 52.8 Å². The molecule has 1 unspecified atom stereocenters. The maximum Gasteiger partial charge on any atom is 0.261 e. The van der Waals surface area contributed by atoms with E-state index in [9.17, 15) is 9.59 Å². The molecule has 1 aromatic heterocycles. The molecular formula is C24H24ClN3O3S. The summed E-state index contributed by atoms with van der Waals surface area (Å²) in [4.78, 5) is 33.5. The molecule has 32 heavy (non-hydrogen) atoms. The summed E-state index contributed by atoms with van der Waals surface area (Å²) in [5, 5.41) is 3.48. The molecule has 0 bridgehead atoms. The lowest BCUT2D eigenvalue weighted by Gasteiger charge is -2.28. The van der Waals surface area contributed by atoms with E-state index in [2.05, 4.69) is 0 Å². The highest BCUT2D eigenvalue weighted by atomic mass is 35.5. The molecule has 0 N–H and O–H groups in total. The molecule has 0 saturated carbocycles. The van der Waals surface area contributed by atoms with Gasteiger partial charge in [0.25, 0.3) is 5.91 Å². The third-order valence-corrected chi connectivity index (χ3v) is 6.64. The molecule has 1 atom stereocenters. The average molecular weight is 470 g/mol. The smallest absolute Gasteiger partial charge is 0.261 e. The van der Waals surface area contributed by atoms with Gasteiger partial charge < -0.3 is 14.5 Å². The molecule has 6 nitrogen and oxygen atoms in total. The second-order valence-electron chi connectivity index (χ2n) is 7.58. The number of amides is 2. The summed E-state index contributed by atoms with van der Waals surface area (Å²) in [5.41, 5.74) is 1.76. The van der Waals surface area contributed by atoms with Crippen LogP contribution in [0.25, 0.3) is 11.3 Å². The van der Waals surface area contributed by atoms with E-state index in [4.69, 9.17) is 21.3 Å². The van der Waals surface area contributed by atoms with E-state index in [1.54, 1.807) is 16.7 Å². The number of carbonyl (C=O) groups is 2. The van der Waals surface area contributed by atoms with Gasteiger partial charge in [-0.05, 0) is 30.7 Å². The standard InChI is InChI=1S/C24H24ClN3O3S/c1-17(29)27-11-10-22(24-26-21(16-32-24)18-6-5-7-19(25)14-18)28(13-12-27)23(30)15-31-20-8-3-2-4-9-20/h2-9,14,16,22H,10-13,15H2,1H3. The maximum absolute atomic E-state index is 13.2. The first kappa shape index (κ1) is 22.3. The molecule has 0 aliphatic carbocycles. The summed E-state index contributed by atoms with van der Waals surface area (Å²) in [6, 6.07) is 16.6. The van der Waals surface area contributed by atoms with Crippen molar-refractivity contribution in [1.82, 2.24) is 14.8 Å². The van der Waals surface area contributed by atoms with E-state index in [0.717, 1.165) is 16.3 Å². The number of carbonyl (C=O) groups excluding carboxylic acids is 2. The predicted octanol–water partition coefficient (Wildman–Crippen LogP) is 4.66. The lowest BCUT2D eigenvalue weighted by atomic mass is 10.1. The third-order valence-electron chi connectivity index (χ3n) is 5.46. The van der Waals surface area contributed by atoms with Crippen LogP contribution in [0.5, 0.6) is 5.75 Å². The van der Waals surface area contributed by atoms with E-state index in [1.807, 2.05) is 60.0 Å². The molecule has 1 fully saturated rings. The molecule has 1 saturated heterocycles. The first-order valence-corrected chi connectivity index (χ1v) is 11.7. The van der Waals surface area contributed by atoms with Crippen molar-refractivity contribution >= 4 is 34.8 Å². The zero-order valence-corrected chi connectivity index (χ0v) is 19.3. The summed E-state index contributed by atoms with van der Waals surface area (Å²) < 4.78 is 5.70. The summed E-state index contributed by atoms with van der Waals surface area (Å²) >= 11 is 7.66. The fraction of sp³-hybridized carbons (Fsp3) is 0.292. The van der Waals surface area contributed by atoms with Gasteiger partial charge >= 0.3 is 0 Å². The lowest BCUT2D eigenvalue weighted by molar-refractivity contribution is -0.136. The normalized spacial score (nSPS) is 16.5. The summed E-state index contributed by atoms with van der Waals surface area (Å²) in [5.74, 6) is 0.538. The number of benzene rings is 2. The second-order valence-corrected chi connectivity index (χ2v) is 8.91. The molecule has 1 aliphatic rings. The van der Waals surface area contributed by atoms with Crippen LogP contribution in [0.15, 0.2) is 60.0 Å². The Kier molecular flexibility index (Phi) is 7.07. The largest absolute Gasteiger partial charge is 0.484 e. The van der Waals surface area contributed by atoms with Crippen LogP contribution in [0.4, 0.5) is 0 Å². The molecule has 8 heteroatoms. The number of hydrogen-bond donors (Lipinski definition) is 0. The van der Waals surface area contributed by atoms with Gasteiger partial charge in [-0.3, -0.25) is 9.59 Å². The highest BCUT2D eigenvalue weighted by Crippen LogP contribution is 2.33. The lowest BCUT2D eigenvalue weighted by Crippen LogP contribution is -2.40. The molecule has 1 aliphatic heterocycles. The summed E-state index contributed by atoms with van der Waals surface area (Å²) in [7, 11) is 0. The molecule has 4 rings (SSSR count). The molecule has 0 radical (unpaired) electrons. The number of halogens is 1. The third kappa shape index (κ3) is 5.29. The first-order valence-electron chi connectivity index (χ1n) is 10.5. The Morgan fingerprint density at radius 3 is 2.69 bits per heavy atom. The zero-order chi connectivity index (χ0) is 22.5. The Morgan fingerprint density at radius 2 is 1.94 bits per heavy atom. The molecule has 0 spiro atoms.